The van der Waals surface area contributed by atoms with Crippen LogP contribution in [0.2, 0.25) is 0 Å². The number of hydrogen-bond acceptors (Lipinski definition) is 3. The van der Waals surface area contributed by atoms with Crippen LogP contribution in [0.25, 0.3) is 0 Å². The first-order valence-electron chi connectivity index (χ1n) is 6.18. The van der Waals surface area contributed by atoms with Gasteiger partial charge in [-0.25, -0.2) is 0 Å². The van der Waals surface area contributed by atoms with E-state index in [9.17, 15) is 4.79 Å². The van der Waals surface area contributed by atoms with Crippen molar-refractivity contribution in [3.8, 4) is 0 Å². The summed E-state index contributed by atoms with van der Waals surface area (Å²) in [4.78, 5) is 14.5. The lowest BCUT2D eigenvalue weighted by molar-refractivity contribution is -0.119. The van der Waals surface area contributed by atoms with Crippen LogP contribution in [0.4, 0.5) is 0 Å². The van der Waals surface area contributed by atoms with Crippen molar-refractivity contribution in [3.05, 3.63) is 11.3 Å². The highest BCUT2D eigenvalue weighted by Crippen LogP contribution is 2.37. The van der Waals surface area contributed by atoms with Crippen molar-refractivity contribution in [2.45, 2.75) is 33.6 Å². The molecule has 0 unspecified atom stereocenters. The number of Topliss-reactive ketones (excluding diaryl/α,β-unsaturated/α-hetero) is 1. The third-order valence-electron chi connectivity index (χ3n) is 3.48. The SMILES string of the molecule is CC1=C(N2CCNCC2)C(=O)CC(C)(C)C1. The van der Waals surface area contributed by atoms with Gasteiger partial charge in [0.1, 0.15) is 0 Å². The molecule has 0 radical (unpaired) electrons. The minimum Gasteiger partial charge on any atom is -0.366 e. The van der Waals surface area contributed by atoms with Gasteiger partial charge < -0.3 is 10.2 Å². The van der Waals surface area contributed by atoms with Gasteiger partial charge in [-0.2, -0.15) is 0 Å². The largest absolute Gasteiger partial charge is 0.366 e. The van der Waals surface area contributed by atoms with Gasteiger partial charge in [0, 0.05) is 32.6 Å². The van der Waals surface area contributed by atoms with Gasteiger partial charge in [-0.05, 0) is 24.3 Å². The van der Waals surface area contributed by atoms with Gasteiger partial charge in [0.25, 0.3) is 0 Å². The molecule has 0 spiro atoms. The Balaban J connectivity index is 2.21. The molecule has 16 heavy (non-hydrogen) atoms. The minimum atomic E-state index is 0.151. The van der Waals surface area contributed by atoms with Crippen LogP contribution in [-0.2, 0) is 4.79 Å². The van der Waals surface area contributed by atoms with Gasteiger partial charge >= 0.3 is 0 Å². The van der Waals surface area contributed by atoms with Crippen LogP contribution in [0.15, 0.2) is 11.3 Å². The molecule has 0 amide bonds. The normalized spacial score (nSPS) is 26.2. The molecule has 1 aliphatic carbocycles. The molecule has 1 heterocycles. The van der Waals surface area contributed by atoms with Crippen molar-refractivity contribution in [3.63, 3.8) is 0 Å². The summed E-state index contributed by atoms with van der Waals surface area (Å²) in [6.07, 6.45) is 1.75. The van der Waals surface area contributed by atoms with E-state index in [1.165, 1.54) is 5.57 Å². The Labute approximate surface area is 97.9 Å². The molecule has 2 rings (SSSR count). The van der Waals surface area contributed by atoms with Crippen LogP contribution in [0, 0.1) is 5.41 Å². The van der Waals surface area contributed by atoms with E-state index in [2.05, 4.69) is 31.0 Å². The van der Waals surface area contributed by atoms with Gasteiger partial charge in [0.15, 0.2) is 5.78 Å². The molecule has 3 heteroatoms. The van der Waals surface area contributed by atoms with E-state index in [1.54, 1.807) is 0 Å². The van der Waals surface area contributed by atoms with E-state index in [-0.39, 0.29) is 5.41 Å². The lowest BCUT2D eigenvalue weighted by Crippen LogP contribution is -2.46. The fourth-order valence-corrected chi connectivity index (χ4v) is 2.96. The van der Waals surface area contributed by atoms with E-state index in [0.717, 1.165) is 38.3 Å². The van der Waals surface area contributed by atoms with E-state index >= 15 is 0 Å². The Bertz CT molecular complexity index is 325. The second-order valence-corrected chi connectivity index (χ2v) is 5.81. The molecule has 0 aromatic heterocycles. The smallest absolute Gasteiger partial charge is 0.179 e. The van der Waals surface area contributed by atoms with Crippen molar-refractivity contribution < 1.29 is 4.79 Å². The number of carbonyl (C=O) groups is 1. The van der Waals surface area contributed by atoms with Gasteiger partial charge in [-0.1, -0.05) is 13.8 Å². The molecule has 0 saturated carbocycles. The molecule has 3 nitrogen and oxygen atoms in total. The van der Waals surface area contributed by atoms with Gasteiger partial charge in [0.2, 0.25) is 0 Å². The Kier molecular flexibility index (Phi) is 3.06. The van der Waals surface area contributed by atoms with Crippen LogP contribution < -0.4 is 5.32 Å². The summed E-state index contributed by atoms with van der Waals surface area (Å²) in [5, 5.41) is 3.32. The molecular weight excluding hydrogens is 200 g/mol. The van der Waals surface area contributed by atoms with E-state index in [4.69, 9.17) is 0 Å². The van der Waals surface area contributed by atoms with E-state index in [0.29, 0.717) is 12.2 Å². The zero-order chi connectivity index (χ0) is 11.8. The molecular formula is C13H22N2O. The Hall–Kier alpha value is -0.830. The standard InChI is InChI=1S/C13H22N2O/c1-10-8-13(2,3)9-11(16)12(10)15-6-4-14-5-7-15/h14H,4-9H2,1-3H3. The molecule has 0 atom stereocenters. The third kappa shape index (κ3) is 2.29. The van der Waals surface area contributed by atoms with Crippen LogP contribution in [0.3, 0.4) is 0 Å². The van der Waals surface area contributed by atoms with Crippen LogP contribution >= 0.6 is 0 Å². The summed E-state index contributed by atoms with van der Waals surface area (Å²) in [5.74, 6) is 0.343. The first-order chi connectivity index (χ1) is 7.49. The van der Waals surface area contributed by atoms with Crippen molar-refractivity contribution >= 4 is 5.78 Å². The topological polar surface area (TPSA) is 32.3 Å². The number of piperazine rings is 1. The number of carbonyl (C=O) groups excluding carboxylic acids is 1. The predicted molar refractivity (Wildman–Crippen MR) is 65.2 cm³/mol. The van der Waals surface area contributed by atoms with Gasteiger partial charge in [-0.3, -0.25) is 4.79 Å². The predicted octanol–water partition coefficient (Wildman–Crippen LogP) is 1.55. The Morgan fingerprint density at radius 1 is 1.19 bits per heavy atom. The fraction of sp³-hybridized carbons (Fsp3) is 0.769. The Morgan fingerprint density at radius 2 is 1.81 bits per heavy atom. The first-order valence-corrected chi connectivity index (χ1v) is 6.18. The highest BCUT2D eigenvalue weighted by molar-refractivity contribution is 5.96. The number of allylic oxidation sites excluding steroid dienone is 2. The number of ketones is 1. The average molecular weight is 222 g/mol. The molecule has 0 aromatic rings. The summed E-state index contributed by atoms with van der Waals surface area (Å²) in [7, 11) is 0. The fourth-order valence-electron chi connectivity index (χ4n) is 2.96. The maximum atomic E-state index is 12.2. The number of hydrogen-bond donors (Lipinski definition) is 1. The number of rotatable bonds is 1. The second kappa shape index (κ2) is 4.21. The van der Waals surface area contributed by atoms with Crippen LogP contribution in [-0.4, -0.2) is 36.9 Å². The summed E-state index contributed by atoms with van der Waals surface area (Å²) >= 11 is 0. The average Bonchev–Trinajstić information content (AvgIpc) is 2.16. The van der Waals surface area contributed by atoms with Crippen LogP contribution in [0.1, 0.15) is 33.6 Å². The molecule has 90 valence electrons. The zero-order valence-corrected chi connectivity index (χ0v) is 10.6. The minimum absolute atomic E-state index is 0.151. The summed E-state index contributed by atoms with van der Waals surface area (Å²) in [6.45, 7) is 10.4. The number of nitrogens with zero attached hydrogens (tertiary/aromatic N) is 1. The molecule has 2 aliphatic rings. The van der Waals surface area contributed by atoms with Gasteiger partial charge in [0.05, 0.1) is 5.70 Å². The van der Waals surface area contributed by atoms with E-state index < -0.39 is 0 Å². The van der Waals surface area contributed by atoms with Crippen molar-refractivity contribution in [2.24, 2.45) is 5.41 Å². The molecule has 0 bridgehead atoms. The first kappa shape index (κ1) is 11.6. The molecule has 0 aromatic carbocycles. The highest BCUT2D eigenvalue weighted by atomic mass is 16.1. The van der Waals surface area contributed by atoms with E-state index in [1.807, 2.05) is 0 Å². The summed E-state index contributed by atoms with van der Waals surface area (Å²) in [6, 6.07) is 0. The maximum absolute atomic E-state index is 12.2. The van der Waals surface area contributed by atoms with Crippen molar-refractivity contribution in [2.75, 3.05) is 26.2 Å². The van der Waals surface area contributed by atoms with Crippen molar-refractivity contribution in [1.82, 2.24) is 10.2 Å². The summed E-state index contributed by atoms with van der Waals surface area (Å²) < 4.78 is 0. The van der Waals surface area contributed by atoms with Gasteiger partial charge in [-0.15, -0.1) is 0 Å². The lowest BCUT2D eigenvalue weighted by Gasteiger charge is -2.38. The van der Waals surface area contributed by atoms with Crippen molar-refractivity contribution in [1.29, 1.82) is 0 Å². The van der Waals surface area contributed by atoms with Crippen LogP contribution in [0.5, 0.6) is 0 Å². The zero-order valence-electron chi connectivity index (χ0n) is 10.6. The molecule has 1 fully saturated rings. The maximum Gasteiger partial charge on any atom is 0.179 e. The summed E-state index contributed by atoms with van der Waals surface area (Å²) in [5.41, 5.74) is 2.45. The Morgan fingerprint density at radius 3 is 2.38 bits per heavy atom. The molecule has 1 saturated heterocycles. The lowest BCUT2D eigenvalue weighted by atomic mass is 9.75. The quantitative estimate of drug-likeness (QED) is 0.730. The number of nitrogens with one attached hydrogen (secondary N) is 1. The monoisotopic (exact) mass is 222 g/mol. The third-order valence-corrected chi connectivity index (χ3v) is 3.48. The second-order valence-electron chi connectivity index (χ2n) is 5.81. The highest BCUT2D eigenvalue weighted by Gasteiger charge is 2.33. The molecule has 1 N–H and O–H groups in total. The molecule has 1 aliphatic heterocycles.